The highest BCUT2D eigenvalue weighted by molar-refractivity contribution is 6.05. The van der Waals surface area contributed by atoms with Crippen molar-refractivity contribution >= 4 is 17.6 Å². The van der Waals surface area contributed by atoms with Gasteiger partial charge in [0.2, 0.25) is 11.9 Å². The van der Waals surface area contributed by atoms with Crippen LogP contribution in [0, 0.1) is 6.92 Å². The molecule has 0 amide bonds. The van der Waals surface area contributed by atoms with Crippen LogP contribution in [-0.4, -0.2) is 37.8 Å². The Labute approximate surface area is 145 Å². The van der Waals surface area contributed by atoms with Crippen LogP contribution in [0.2, 0.25) is 0 Å². The first kappa shape index (κ1) is 15.6. The lowest BCUT2D eigenvalue weighted by Crippen LogP contribution is -2.58. The molecule has 1 fully saturated rings. The fourth-order valence-corrected chi connectivity index (χ4v) is 3.62. The highest BCUT2D eigenvalue weighted by atomic mass is 15.6. The normalized spacial score (nSPS) is 19.6. The average molecular weight is 339 g/mol. The minimum atomic E-state index is -0.433. The third-order valence-electron chi connectivity index (χ3n) is 4.70. The molecule has 9 heteroatoms. The summed E-state index contributed by atoms with van der Waals surface area (Å²) in [5.41, 5.74) is 13.5. The summed E-state index contributed by atoms with van der Waals surface area (Å²) in [6, 6.07) is 7.82. The largest absolute Gasteiger partial charge is 0.369 e. The molecule has 0 atom stereocenters. The van der Waals surface area contributed by atoms with Crippen molar-refractivity contribution in [3.05, 3.63) is 30.1 Å². The number of guanidine groups is 2. The molecule has 2 heterocycles. The van der Waals surface area contributed by atoms with Crippen molar-refractivity contribution in [2.24, 2.45) is 21.5 Å². The monoisotopic (exact) mass is 339 g/mol. The molecule has 1 aromatic heterocycles. The number of aryl methyl sites for hydroxylation is 1. The highest BCUT2D eigenvalue weighted by Gasteiger charge is 2.42. The van der Waals surface area contributed by atoms with Crippen LogP contribution in [0.3, 0.4) is 0 Å². The van der Waals surface area contributed by atoms with Gasteiger partial charge in [0, 0.05) is 5.69 Å². The van der Waals surface area contributed by atoms with E-state index in [9.17, 15) is 0 Å². The molecule has 2 aliphatic rings. The lowest BCUT2D eigenvalue weighted by atomic mass is 9.87. The van der Waals surface area contributed by atoms with Gasteiger partial charge in [0.25, 0.3) is 0 Å². The van der Waals surface area contributed by atoms with E-state index < -0.39 is 5.66 Å². The van der Waals surface area contributed by atoms with Crippen molar-refractivity contribution in [3.63, 3.8) is 0 Å². The third-order valence-corrected chi connectivity index (χ3v) is 4.70. The van der Waals surface area contributed by atoms with Crippen LogP contribution in [0.4, 0.5) is 5.69 Å². The molecule has 0 saturated heterocycles. The zero-order chi connectivity index (χ0) is 17.4. The van der Waals surface area contributed by atoms with E-state index in [2.05, 4.69) is 25.4 Å². The van der Waals surface area contributed by atoms with Gasteiger partial charge < -0.3 is 11.5 Å². The third kappa shape index (κ3) is 2.71. The van der Waals surface area contributed by atoms with E-state index in [0.29, 0.717) is 11.8 Å². The molecule has 1 aliphatic carbocycles. The van der Waals surface area contributed by atoms with Crippen LogP contribution in [-0.2, 0) is 0 Å². The molecule has 1 aromatic carbocycles. The number of tetrazole rings is 1. The zero-order valence-electron chi connectivity index (χ0n) is 14.1. The number of aliphatic imine (C=N–C) groups is 2. The molecule has 0 unspecified atom stereocenters. The molecule has 1 aliphatic heterocycles. The van der Waals surface area contributed by atoms with Gasteiger partial charge in [-0.25, -0.2) is 4.99 Å². The summed E-state index contributed by atoms with van der Waals surface area (Å²) < 4.78 is 0. The predicted octanol–water partition coefficient (Wildman–Crippen LogP) is 1.08. The van der Waals surface area contributed by atoms with Crippen molar-refractivity contribution in [3.8, 4) is 5.69 Å². The maximum absolute atomic E-state index is 6.23. The van der Waals surface area contributed by atoms with Gasteiger partial charge in [-0.15, -0.1) is 15.0 Å². The molecule has 0 bridgehead atoms. The summed E-state index contributed by atoms with van der Waals surface area (Å²) in [5, 5.41) is 12.1. The summed E-state index contributed by atoms with van der Waals surface area (Å²) >= 11 is 0. The van der Waals surface area contributed by atoms with Gasteiger partial charge in [0.15, 0.2) is 5.82 Å². The maximum atomic E-state index is 6.23. The number of nitrogens with two attached hydrogens (primary N) is 2. The minimum absolute atomic E-state index is 0.259. The Bertz CT molecular complexity index is 828. The van der Waals surface area contributed by atoms with Crippen molar-refractivity contribution in [1.29, 1.82) is 0 Å². The van der Waals surface area contributed by atoms with Gasteiger partial charge in [0.05, 0.1) is 5.69 Å². The average Bonchev–Trinajstić information content (AvgIpc) is 3.02. The smallest absolute Gasteiger partial charge is 0.220 e. The fraction of sp³-hybridized carbons (Fsp3) is 0.438. The molecule has 1 spiro atoms. The van der Waals surface area contributed by atoms with E-state index in [1.807, 2.05) is 29.2 Å². The second-order valence-electron chi connectivity index (χ2n) is 6.46. The molecule has 25 heavy (non-hydrogen) atoms. The zero-order valence-corrected chi connectivity index (χ0v) is 14.1. The van der Waals surface area contributed by atoms with Crippen LogP contribution >= 0.6 is 0 Å². The molecular formula is C16H21N9. The quantitative estimate of drug-likeness (QED) is 0.844. The molecule has 9 nitrogen and oxygen atoms in total. The number of rotatable bonds is 2. The van der Waals surface area contributed by atoms with E-state index in [-0.39, 0.29) is 5.96 Å². The number of hydrogen-bond acceptors (Lipinski definition) is 8. The minimum Gasteiger partial charge on any atom is -0.369 e. The topological polar surface area (TPSA) is 124 Å². The van der Waals surface area contributed by atoms with Crippen molar-refractivity contribution in [2.75, 3.05) is 4.90 Å². The molecule has 130 valence electrons. The maximum Gasteiger partial charge on any atom is 0.220 e. The van der Waals surface area contributed by atoms with Crippen LogP contribution < -0.4 is 16.4 Å². The molecule has 2 aromatic rings. The van der Waals surface area contributed by atoms with Crippen LogP contribution in [0.25, 0.3) is 5.69 Å². The first-order valence-corrected chi connectivity index (χ1v) is 8.44. The summed E-state index contributed by atoms with van der Waals surface area (Å²) in [5.74, 6) is 1.27. The summed E-state index contributed by atoms with van der Waals surface area (Å²) in [6.07, 6.45) is 5.23. The summed E-state index contributed by atoms with van der Waals surface area (Å²) in [7, 11) is 0. The van der Waals surface area contributed by atoms with Crippen molar-refractivity contribution < 1.29 is 0 Å². The van der Waals surface area contributed by atoms with Crippen LogP contribution in [0.1, 0.15) is 37.9 Å². The van der Waals surface area contributed by atoms with Gasteiger partial charge in [-0.1, -0.05) is 6.42 Å². The SMILES string of the molecule is Cc1nnn(-c2ccc(N3C(N)=NC(N)=NC34CCCCC4)cc2)n1. The fourth-order valence-electron chi connectivity index (χ4n) is 3.62. The first-order valence-electron chi connectivity index (χ1n) is 8.44. The number of anilines is 1. The van der Waals surface area contributed by atoms with E-state index >= 15 is 0 Å². The van der Waals surface area contributed by atoms with Crippen LogP contribution in [0.5, 0.6) is 0 Å². The van der Waals surface area contributed by atoms with Gasteiger partial charge in [-0.3, -0.25) is 4.90 Å². The second kappa shape index (κ2) is 5.83. The number of hydrogen-bond donors (Lipinski definition) is 2. The highest BCUT2D eigenvalue weighted by Crippen LogP contribution is 2.39. The van der Waals surface area contributed by atoms with Crippen molar-refractivity contribution in [1.82, 2.24) is 20.2 Å². The molecule has 4 rings (SSSR count). The Balaban J connectivity index is 1.70. The van der Waals surface area contributed by atoms with Gasteiger partial charge >= 0.3 is 0 Å². The van der Waals surface area contributed by atoms with E-state index in [0.717, 1.165) is 37.1 Å². The summed E-state index contributed by atoms with van der Waals surface area (Å²) in [4.78, 5) is 12.4. The van der Waals surface area contributed by atoms with E-state index in [1.165, 1.54) is 11.2 Å². The standard InChI is InChI=1S/C16H21N9/c1-11-21-23-25(22-11)13-7-5-12(6-8-13)24-15(18)19-14(17)20-16(24)9-3-2-4-10-16/h5-8H,2-4,9-10H2,1H3,(H4,17,18,19,20). The van der Waals surface area contributed by atoms with Gasteiger partial charge in [-0.2, -0.15) is 4.99 Å². The molecule has 1 saturated carbocycles. The Morgan fingerprint density at radius 3 is 2.32 bits per heavy atom. The first-order chi connectivity index (χ1) is 12.1. The molecule has 0 radical (unpaired) electrons. The lowest BCUT2D eigenvalue weighted by Gasteiger charge is -2.45. The number of aromatic nitrogens is 4. The molecule has 4 N–H and O–H groups in total. The second-order valence-corrected chi connectivity index (χ2v) is 6.46. The predicted molar refractivity (Wildman–Crippen MR) is 95.4 cm³/mol. The Morgan fingerprint density at radius 1 is 1.00 bits per heavy atom. The lowest BCUT2D eigenvalue weighted by molar-refractivity contribution is 0.305. The van der Waals surface area contributed by atoms with E-state index in [4.69, 9.17) is 11.5 Å². The van der Waals surface area contributed by atoms with Gasteiger partial charge in [0.1, 0.15) is 5.66 Å². The Kier molecular flexibility index (Phi) is 3.63. The summed E-state index contributed by atoms with van der Waals surface area (Å²) in [6.45, 7) is 1.80. The van der Waals surface area contributed by atoms with Gasteiger partial charge in [-0.05, 0) is 62.1 Å². The number of benzene rings is 1. The molecular weight excluding hydrogens is 318 g/mol. The Morgan fingerprint density at radius 2 is 1.68 bits per heavy atom. The van der Waals surface area contributed by atoms with E-state index in [1.54, 1.807) is 6.92 Å². The van der Waals surface area contributed by atoms with Crippen LogP contribution in [0.15, 0.2) is 34.3 Å². The van der Waals surface area contributed by atoms with Crippen molar-refractivity contribution in [2.45, 2.75) is 44.7 Å². The Hall–Kier alpha value is -2.97. The number of nitrogens with zero attached hydrogens (tertiary/aromatic N) is 7.